The summed E-state index contributed by atoms with van der Waals surface area (Å²) in [6.07, 6.45) is 12.7. The first-order valence-electron chi connectivity index (χ1n) is 28.2. The van der Waals surface area contributed by atoms with Crippen LogP contribution < -0.4 is 5.32 Å². The minimum atomic E-state index is -1.98. The van der Waals surface area contributed by atoms with Crippen LogP contribution in [0.25, 0.3) is 0 Å². The van der Waals surface area contributed by atoms with E-state index in [1.54, 1.807) is 6.08 Å². The lowest BCUT2D eigenvalue weighted by Crippen LogP contribution is -2.66. The van der Waals surface area contributed by atoms with Crippen molar-refractivity contribution in [1.82, 2.24) is 5.32 Å². The highest BCUT2D eigenvalue weighted by Gasteiger charge is 2.53. The second-order valence-corrected chi connectivity index (χ2v) is 20.4. The Morgan fingerprint density at radius 2 is 0.892 bits per heavy atom. The molecule has 3 aliphatic heterocycles. The van der Waals surface area contributed by atoms with Crippen LogP contribution in [0.3, 0.4) is 0 Å². The summed E-state index contributed by atoms with van der Waals surface area (Å²) in [5, 5.41) is 120. The van der Waals surface area contributed by atoms with E-state index < -0.39 is 124 Å². The van der Waals surface area contributed by atoms with E-state index in [0.717, 1.165) is 70.6 Å². The van der Waals surface area contributed by atoms with Crippen molar-refractivity contribution in [3.63, 3.8) is 0 Å². The molecule has 0 bridgehead atoms. The Labute approximate surface area is 440 Å². The molecule has 0 spiro atoms. The molecule has 17 unspecified atom stereocenters. The number of hydrogen-bond acceptors (Lipinski definition) is 18. The molecule has 0 aromatic rings. The Morgan fingerprint density at radius 1 is 0.486 bits per heavy atom. The summed E-state index contributed by atoms with van der Waals surface area (Å²) in [5.74, 6) is -0.292. The third kappa shape index (κ3) is 23.9. The molecule has 0 saturated carbocycles. The van der Waals surface area contributed by atoms with Crippen LogP contribution >= 0.6 is 0 Å². The summed E-state index contributed by atoms with van der Waals surface area (Å²) in [5.41, 5.74) is 0. The van der Waals surface area contributed by atoms with Crippen molar-refractivity contribution in [2.45, 2.75) is 279 Å². The maximum atomic E-state index is 13.3. The van der Waals surface area contributed by atoms with Crippen LogP contribution in [0, 0.1) is 0 Å². The van der Waals surface area contributed by atoms with E-state index in [4.69, 9.17) is 28.4 Å². The molecule has 3 heterocycles. The minimum Gasteiger partial charge on any atom is -0.394 e. The Kier molecular flexibility index (Phi) is 35.3. The van der Waals surface area contributed by atoms with E-state index in [0.29, 0.717) is 6.42 Å². The van der Waals surface area contributed by atoms with Crippen LogP contribution in [-0.2, 0) is 33.2 Å². The molecule has 74 heavy (non-hydrogen) atoms. The monoisotopic (exact) mass is 1060 g/mol. The summed E-state index contributed by atoms with van der Waals surface area (Å²) < 4.78 is 34.2. The molecule has 19 nitrogen and oxygen atoms in total. The molecule has 0 aromatic carbocycles. The number of hydrogen-bond donors (Lipinski definition) is 12. The third-order valence-electron chi connectivity index (χ3n) is 14.2. The van der Waals surface area contributed by atoms with Gasteiger partial charge in [-0.1, -0.05) is 153 Å². The van der Waals surface area contributed by atoms with Gasteiger partial charge in [0.1, 0.15) is 73.2 Å². The van der Waals surface area contributed by atoms with Crippen LogP contribution in [0.1, 0.15) is 174 Å². The third-order valence-corrected chi connectivity index (χ3v) is 14.2. The van der Waals surface area contributed by atoms with Gasteiger partial charge in [-0.3, -0.25) is 4.79 Å². The molecule has 3 rings (SSSR count). The number of carbonyl (C=O) groups excluding carboxylic acids is 1. The first-order chi connectivity index (χ1) is 35.8. The van der Waals surface area contributed by atoms with Crippen molar-refractivity contribution in [2.24, 2.45) is 0 Å². The molecule has 432 valence electrons. The Hall–Kier alpha value is -1.99. The Bertz CT molecular complexity index is 1500. The quantitative estimate of drug-likeness (QED) is 0.0307. The summed E-state index contributed by atoms with van der Waals surface area (Å²) in [6.45, 7) is 1.66. The number of carbonyl (C=O) groups is 1. The van der Waals surface area contributed by atoms with Gasteiger partial charge in [0.25, 0.3) is 0 Å². The van der Waals surface area contributed by atoms with Gasteiger partial charge < -0.3 is 89.9 Å². The highest BCUT2D eigenvalue weighted by molar-refractivity contribution is 5.76. The lowest BCUT2D eigenvalue weighted by molar-refractivity contribution is -0.379. The number of aliphatic hydroxyl groups is 11. The largest absolute Gasteiger partial charge is 0.394 e. The topological polar surface area (TPSA) is 307 Å². The summed E-state index contributed by atoms with van der Waals surface area (Å²) >= 11 is 0. The second kappa shape index (κ2) is 39.4. The van der Waals surface area contributed by atoms with Crippen molar-refractivity contribution < 1.29 is 89.4 Å². The van der Waals surface area contributed by atoms with E-state index in [-0.39, 0.29) is 18.9 Å². The van der Waals surface area contributed by atoms with Gasteiger partial charge in [0.15, 0.2) is 18.9 Å². The zero-order valence-electron chi connectivity index (χ0n) is 44.6. The standard InChI is InChI=1S/C55H99NO18/c1-3-5-7-9-11-13-15-17-19-21-23-25-27-29-31-33-43(61)56-38(39(60)32-30-28-26-24-22-20-18-16-14-12-10-8-6-4-2)37-69-53-49(67)46(64)51(41(35-58)71-53)74-55-50(68)47(65)52(42(36-59)72-55)73-54-48(66)45(63)44(62)40(34-57)70-54/h11,13,17,19,30,32,38-42,44-55,57-60,62-68H,3-10,12,14-16,18,20-29,31,33-37H2,1-2H3,(H,56,61)/b13-11-,19-17-,32-30+. The van der Waals surface area contributed by atoms with Gasteiger partial charge in [0, 0.05) is 6.42 Å². The molecule has 17 atom stereocenters. The molecule has 12 N–H and O–H groups in total. The van der Waals surface area contributed by atoms with Gasteiger partial charge in [-0.15, -0.1) is 0 Å². The van der Waals surface area contributed by atoms with Gasteiger partial charge in [-0.05, 0) is 51.4 Å². The van der Waals surface area contributed by atoms with Gasteiger partial charge >= 0.3 is 0 Å². The normalized spacial score (nSPS) is 31.7. The van der Waals surface area contributed by atoms with Crippen molar-refractivity contribution in [1.29, 1.82) is 0 Å². The van der Waals surface area contributed by atoms with Crippen LogP contribution in [0.4, 0.5) is 0 Å². The second-order valence-electron chi connectivity index (χ2n) is 20.4. The van der Waals surface area contributed by atoms with E-state index in [2.05, 4.69) is 43.5 Å². The predicted octanol–water partition coefficient (Wildman–Crippen LogP) is 3.76. The Morgan fingerprint density at radius 3 is 1.41 bits per heavy atom. The molecule has 19 heteroatoms. The van der Waals surface area contributed by atoms with Gasteiger partial charge in [-0.2, -0.15) is 0 Å². The number of aliphatic hydroxyl groups excluding tert-OH is 11. The fraction of sp³-hybridized carbons (Fsp3) is 0.873. The fourth-order valence-corrected chi connectivity index (χ4v) is 9.45. The molecule has 0 radical (unpaired) electrons. The lowest BCUT2D eigenvalue weighted by Gasteiger charge is -2.48. The molecular weight excluding hydrogens is 963 g/mol. The number of unbranched alkanes of at least 4 members (excludes halogenated alkanes) is 20. The zero-order valence-corrected chi connectivity index (χ0v) is 44.6. The summed E-state index contributed by atoms with van der Waals surface area (Å²) in [6, 6.07) is -0.978. The van der Waals surface area contributed by atoms with Crippen LogP contribution in [0.15, 0.2) is 36.5 Å². The van der Waals surface area contributed by atoms with Crippen molar-refractivity contribution in [3.05, 3.63) is 36.5 Å². The van der Waals surface area contributed by atoms with E-state index >= 15 is 0 Å². The number of rotatable bonds is 40. The average molecular weight is 1060 g/mol. The van der Waals surface area contributed by atoms with Crippen molar-refractivity contribution in [3.8, 4) is 0 Å². The Balaban J connectivity index is 1.54. The van der Waals surface area contributed by atoms with Crippen LogP contribution in [0.2, 0.25) is 0 Å². The summed E-state index contributed by atoms with van der Waals surface area (Å²) in [7, 11) is 0. The maximum absolute atomic E-state index is 13.3. The molecule has 3 aliphatic rings. The molecule has 0 aliphatic carbocycles. The first-order valence-corrected chi connectivity index (χ1v) is 28.2. The number of allylic oxidation sites excluding steroid dienone is 5. The molecule has 3 saturated heterocycles. The van der Waals surface area contributed by atoms with Crippen molar-refractivity contribution >= 4 is 5.91 Å². The molecule has 0 aromatic heterocycles. The predicted molar refractivity (Wildman–Crippen MR) is 277 cm³/mol. The number of nitrogens with one attached hydrogen (secondary N) is 1. The van der Waals surface area contributed by atoms with Gasteiger partial charge in [0.2, 0.25) is 5.91 Å². The minimum absolute atomic E-state index is 0.227. The smallest absolute Gasteiger partial charge is 0.220 e. The SMILES string of the molecule is CCCCC/C=C\C/C=C\CCCCCCCC(=O)NC(COC1OC(CO)C(OC2OC(CO)C(OC3OC(CO)C(O)C(O)C3O)C(O)C2O)C(O)C1O)C(O)/C=C/CCCCCCCCCCCCCC. The van der Waals surface area contributed by atoms with E-state index in [9.17, 15) is 61.0 Å². The first kappa shape index (κ1) is 66.3. The van der Waals surface area contributed by atoms with E-state index in [1.807, 2.05) is 6.08 Å². The van der Waals surface area contributed by atoms with Gasteiger partial charge in [-0.25, -0.2) is 0 Å². The highest BCUT2D eigenvalue weighted by atomic mass is 16.8. The highest BCUT2D eigenvalue weighted by Crippen LogP contribution is 2.33. The fourth-order valence-electron chi connectivity index (χ4n) is 9.45. The zero-order chi connectivity index (χ0) is 54.1. The summed E-state index contributed by atoms with van der Waals surface area (Å²) in [4.78, 5) is 13.3. The molecule has 3 fully saturated rings. The number of amides is 1. The lowest BCUT2D eigenvalue weighted by atomic mass is 9.96. The van der Waals surface area contributed by atoms with Crippen molar-refractivity contribution in [2.75, 3.05) is 26.4 Å². The molecular formula is C55H99NO18. The van der Waals surface area contributed by atoms with E-state index in [1.165, 1.54) is 77.0 Å². The van der Waals surface area contributed by atoms with Crippen LogP contribution in [-0.4, -0.2) is 193 Å². The van der Waals surface area contributed by atoms with Crippen LogP contribution in [0.5, 0.6) is 0 Å². The average Bonchev–Trinajstić information content (AvgIpc) is 3.40. The van der Waals surface area contributed by atoms with Gasteiger partial charge in [0.05, 0.1) is 38.6 Å². The number of ether oxygens (including phenoxy) is 6. The maximum Gasteiger partial charge on any atom is 0.220 e. The molecule has 1 amide bonds.